The second-order valence-corrected chi connectivity index (χ2v) is 10.2. The molecule has 0 N–H and O–H groups in total. The Bertz CT molecular complexity index is 1820. The summed E-state index contributed by atoms with van der Waals surface area (Å²) >= 11 is 1.72. The lowest BCUT2D eigenvalue weighted by Gasteiger charge is -2.33. The number of para-hydroxylation sites is 4. The van der Waals surface area contributed by atoms with E-state index in [0.717, 1.165) is 56.3 Å². The maximum Gasteiger partial charge on any atom is 0.151 e. The summed E-state index contributed by atoms with van der Waals surface area (Å²) in [5.74, 6) is 1.61. The van der Waals surface area contributed by atoms with Crippen molar-refractivity contribution in [1.82, 2.24) is 4.98 Å². The third-order valence-electron chi connectivity index (χ3n) is 6.92. The van der Waals surface area contributed by atoms with Gasteiger partial charge in [0.1, 0.15) is 0 Å². The number of aryl methyl sites for hydroxylation is 1. The molecular weight excluding hydrogens is 486 g/mol. The molecule has 1 aliphatic heterocycles. The number of ether oxygens (including phenoxy) is 1. The molecule has 180 valence electrons. The number of aromatic nitrogens is 1. The molecule has 0 unspecified atom stereocenters. The highest BCUT2D eigenvalue weighted by Crippen LogP contribution is 2.52. The number of fused-ring (bicyclic) bond motifs is 3. The van der Waals surface area contributed by atoms with Crippen molar-refractivity contribution in [3.63, 3.8) is 0 Å². The molecule has 0 radical (unpaired) electrons. The highest BCUT2D eigenvalue weighted by molar-refractivity contribution is 7.13. The molecule has 38 heavy (non-hydrogen) atoms. The monoisotopic (exact) mass is 507 g/mol. The summed E-state index contributed by atoms with van der Waals surface area (Å²) in [6.07, 6.45) is 0. The summed E-state index contributed by atoms with van der Waals surface area (Å²) in [5.41, 5.74) is 8.64. The number of thiophene rings is 1. The first kappa shape index (κ1) is 22.3. The van der Waals surface area contributed by atoms with E-state index in [1.54, 1.807) is 11.3 Å². The summed E-state index contributed by atoms with van der Waals surface area (Å²) in [6.45, 7) is 2.15. The van der Waals surface area contributed by atoms with E-state index in [1.165, 1.54) is 10.4 Å². The standard InChI is InChI=1S/C33H21N3OS/c1-21-12-17-28(36-26-7-2-4-9-29(26)37-30-10-5-3-8-27(30)36)33-32(21)24(31-11-6-18-38-31)19-25(35-33)23-15-13-22(20-34)14-16-23/h2-19H,1H3. The van der Waals surface area contributed by atoms with Crippen molar-refractivity contribution < 1.29 is 4.74 Å². The zero-order chi connectivity index (χ0) is 25.6. The lowest BCUT2D eigenvalue weighted by molar-refractivity contribution is 0.477. The third kappa shape index (κ3) is 3.54. The van der Waals surface area contributed by atoms with Crippen LogP contribution < -0.4 is 9.64 Å². The number of hydrogen-bond acceptors (Lipinski definition) is 5. The highest BCUT2D eigenvalue weighted by Gasteiger charge is 2.28. The molecule has 4 aromatic carbocycles. The van der Waals surface area contributed by atoms with Crippen LogP contribution in [0.2, 0.25) is 0 Å². The summed E-state index contributed by atoms with van der Waals surface area (Å²) in [5, 5.41) is 12.5. The number of nitriles is 1. The summed E-state index contributed by atoms with van der Waals surface area (Å²) in [6, 6.07) is 36.8. The Hall–Kier alpha value is -4.92. The lowest BCUT2D eigenvalue weighted by atomic mass is 9.97. The van der Waals surface area contributed by atoms with Crippen LogP contribution in [0.1, 0.15) is 11.1 Å². The number of nitrogens with zero attached hydrogens (tertiary/aromatic N) is 3. The minimum Gasteiger partial charge on any atom is -0.453 e. The SMILES string of the molecule is Cc1ccc(N2c3ccccc3Oc3ccccc32)c2nc(-c3ccc(C#N)cc3)cc(-c3cccs3)c12. The molecule has 0 fully saturated rings. The van der Waals surface area contributed by atoms with E-state index < -0.39 is 0 Å². The Labute approximate surface area is 224 Å². The highest BCUT2D eigenvalue weighted by atomic mass is 32.1. The van der Waals surface area contributed by atoms with Crippen molar-refractivity contribution in [2.75, 3.05) is 4.90 Å². The van der Waals surface area contributed by atoms with Gasteiger partial charge in [0.15, 0.2) is 11.5 Å². The van der Waals surface area contributed by atoms with Crippen LogP contribution >= 0.6 is 11.3 Å². The van der Waals surface area contributed by atoms with Gasteiger partial charge < -0.3 is 9.64 Å². The van der Waals surface area contributed by atoms with Gasteiger partial charge in [-0.1, -0.05) is 48.5 Å². The van der Waals surface area contributed by atoms with E-state index in [9.17, 15) is 5.26 Å². The zero-order valence-corrected chi connectivity index (χ0v) is 21.4. The minimum atomic E-state index is 0.631. The van der Waals surface area contributed by atoms with Crippen LogP contribution in [0.4, 0.5) is 17.1 Å². The van der Waals surface area contributed by atoms with E-state index in [1.807, 2.05) is 60.7 Å². The van der Waals surface area contributed by atoms with Crippen molar-refractivity contribution in [2.24, 2.45) is 0 Å². The fraction of sp³-hybridized carbons (Fsp3) is 0.0303. The first-order valence-corrected chi connectivity index (χ1v) is 13.2. The lowest BCUT2D eigenvalue weighted by Crippen LogP contribution is -2.16. The van der Waals surface area contributed by atoms with Gasteiger partial charge in [-0.3, -0.25) is 0 Å². The molecule has 6 aromatic rings. The largest absolute Gasteiger partial charge is 0.453 e. The van der Waals surface area contributed by atoms with E-state index in [2.05, 4.69) is 65.7 Å². The average molecular weight is 508 g/mol. The number of pyridine rings is 1. The first-order valence-electron chi connectivity index (χ1n) is 12.4. The summed E-state index contributed by atoms with van der Waals surface area (Å²) in [7, 11) is 0. The predicted molar refractivity (Wildman–Crippen MR) is 155 cm³/mol. The second-order valence-electron chi connectivity index (χ2n) is 9.22. The van der Waals surface area contributed by atoms with Gasteiger partial charge >= 0.3 is 0 Å². The molecule has 2 aromatic heterocycles. The number of benzene rings is 4. The Morgan fingerprint density at radius 3 is 2.16 bits per heavy atom. The van der Waals surface area contributed by atoms with Crippen LogP contribution in [0, 0.1) is 18.3 Å². The molecule has 0 bridgehead atoms. The summed E-state index contributed by atoms with van der Waals surface area (Å²) < 4.78 is 6.28. The second kappa shape index (κ2) is 8.88. The van der Waals surface area contributed by atoms with Crippen LogP contribution in [0.5, 0.6) is 11.5 Å². The van der Waals surface area contributed by atoms with Crippen molar-refractivity contribution in [3.05, 3.63) is 120 Å². The van der Waals surface area contributed by atoms with Gasteiger partial charge in [-0.05, 0) is 72.5 Å². The topological polar surface area (TPSA) is 49.1 Å². The van der Waals surface area contributed by atoms with Gasteiger partial charge in [0.05, 0.1) is 39.9 Å². The van der Waals surface area contributed by atoms with E-state index >= 15 is 0 Å². The Balaban J connectivity index is 1.56. The van der Waals surface area contributed by atoms with Crippen molar-refractivity contribution >= 4 is 39.3 Å². The van der Waals surface area contributed by atoms with Gasteiger partial charge in [-0.2, -0.15) is 5.26 Å². The van der Waals surface area contributed by atoms with Crippen molar-refractivity contribution in [3.8, 4) is 39.3 Å². The molecule has 0 saturated carbocycles. The Kier molecular flexibility index (Phi) is 5.21. The molecular formula is C33H21N3OS. The van der Waals surface area contributed by atoms with Crippen LogP contribution in [-0.2, 0) is 0 Å². The van der Waals surface area contributed by atoms with Gasteiger partial charge in [-0.25, -0.2) is 4.98 Å². The average Bonchev–Trinajstić information content (AvgIpc) is 3.51. The molecule has 0 aliphatic carbocycles. The molecule has 0 spiro atoms. The van der Waals surface area contributed by atoms with E-state index in [4.69, 9.17) is 9.72 Å². The van der Waals surface area contributed by atoms with Gasteiger partial charge in [0.2, 0.25) is 0 Å². The van der Waals surface area contributed by atoms with Crippen LogP contribution in [-0.4, -0.2) is 4.98 Å². The number of hydrogen-bond donors (Lipinski definition) is 0. The van der Waals surface area contributed by atoms with Gasteiger partial charge in [0.25, 0.3) is 0 Å². The zero-order valence-electron chi connectivity index (χ0n) is 20.6. The normalized spacial score (nSPS) is 11.9. The maximum absolute atomic E-state index is 9.30. The van der Waals surface area contributed by atoms with Crippen molar-refractivity contribution in [1.29, 1.82) is 5.26 Å². The van der Waals surface area contributed by atoms with E-state index in [-0.39, 0.29) is 0 Å². The van der Waals surface area contributed by atoms with Crippen molar-refractivity contribution in [2.45, 2.75) is 6.92 Å². The van der Waals surface area contributed by atoms with Crippen LogP contribution in [0.25, 0.3) is 32.6 Å². The fourth-order valence-corrected chi connectivity index (χ4v) is 5.88. The quantitative estimate of drug-likeness (QED) is 0.239. The molecule has 7 rings (SSSR count). The van der Waals surface area contributed by atoms with Crippen LogP contribution in [0.3, 0.4) is 0 Å². The Morgan fingerprint density at radius 1 is 0.789 bits per heavy atom. The molecule has 4 nitrogen and oxygen atoms in total. The van der Waals surface area contributed by atoms with Crippen LogP contribution in [0.15, 0.2) is 109 Å². The molecule has 1 aliphatic rings. The number of rotatable bonds is 3. The van der Waals surface area contributed by atoms with Gasteiger partial charge in [0, 0.05) is 21.4 Å². The van der Waals surface area contributed by atoms with Gasteiger partial charge in [-0.15, -0.1) is 11.3 Å². The molecule has 5 heteroatoms. The third-order valence-corrected chi connectivity index (χ3v) is 7.82. The Morgan fingerprint density at radius 2 is 1.50 bits per heavy atom. The molecule has 0 atom stereocenters. The fourth-order valence-electron chi connectivity index (χ4n) is 5.13. The van der Waals surface area contributed by atoms with E-state index in [0.29, 0.717) is 5.56 Å². The molecule has 3 heterocycles. The predicted octanol–water partition coefficient (Wildman–Crippen LogP) is 9.39. The molecule has 0 saturated heterocycles. The minimum absolute atomic E-state index is 0.631. The first-order chi connectivity index (χ1) is 18.7. The molecule has 0 amide bonds. The summed E-state index contributed by atoms with van der Waals surface area (Å²) in [4.78, 5) is 8.74. The number of anilines is 3. The maximum atomic E-state index is 9.30. The smallest absolute Gasteiger partial charge is 0.151 e.